The number of anilines is 1. The predicted molar refractivity (Wildman–Crippen MR) is 82.1 cm³/mol. The van der Waals surface area contributed by atoms with Gasteiger partial charge in [-0.2, -0.15) is 0 Å². The quantitative estimate of drug-likeness (QED) is 0.799. The van der Waals surface area contributed by atoms with Gasteiger partial charge in [0.15, 0.2) is 0 Å². The topological polar surface area (TPSA) is 40.6 Å². The van der Waals surface area contributed by atoms with E-state index in [1.807, 2.05) is 6.07 Å². The van der Waals surface area contributed by atoms with Crippen LogP contribution in [0.3, 0.4) is 0 Å². The lowest BCUT2D eigenvalue weighted by Crippen LogP contribution is -2.45. The summed E-state index contributed by atoms with van der Waals surface area (Å²) in [4.78, 5) is 27.6. The Labute approximate surface area is 129 Å². The SMILES string of the molecule is CC(=O)N1CCC(C(=O)N2CCCc3cccc(F)c32)CC1. The van der Waals surface area contributed by atoms with E-state index in [0.717, 1.165) is 18.4 Å². The van der Waals surface area contributed by atoms with Crippen LogP contribution < -0.4 is 4.90 Å². The van der Waals surface area contributed by atoms with Gasteiger partial charge in [-0.25, -0.2) is 4.39 Å². The zero-order chi connectivity index (χ0) is 15.7. The number of benzene rings is 1. The second kappa shape index (κ2) is 6.07. The van der Waals surface area contributed by atoms with Gasteiger partial charge in [0.2, 0.25) is 11.8 Å². The summed E-state index contributed by atoms with van der Waals surface area (Å²) in [6, 6.07) is 5.02. The molecular formula is C17H21FN2O2. The van der Waals surface area contributed by atoms with Crippen LogP contribution in [-0.4, -0.2) is 36.3 Å². The number of aryl methyl sites for hydroxylation is 1. The lowest BCUT2D eigenvalue weighted by atomic mass is 9.93. The number of para-hydroxylation sites is 1. The molecule has 1 saturated heterocycles. The number of amides is 2. The van der Waals surface area contributed by atoms with Gasteiger partial charge in [0, 0.05) is 32.5 Å². The molecule has 0 saturated carbocycles. The van der Waals surface area contributed by atoms with Crippen LogP contribution in [0.15, 0.2) is 18.2 Å². The number of fused-ring (bicyclic) bond motifs is 1. The number of likely N-dealkylation sites (tertiary alicyclic amines) is 1. The molecule has 0 aromatic heterocycles. The van der Waals surface area contributed by atoms with Crippen molar-refractivity contribution in [1.82, 2.24) is 4.90 Å². The second-order valence-electron chi connectivity index (χ2n) is 6.12. The number of carbonyl (C=O) groups excluding carboxylic acids is 2. The van der Waals surface area contributed by atoms with E-state index in [1.165, 1.54) is 6.07 Å². The van der Waals surface area contributed by atoms with Gasteiger partial charge in [-0.3, -0.25) is 9.59 Å². The number of nitrogens with zero attached hydrogens (tertiary/aromatic N) is 2. The lowest BCUT2D eigenvalue weighted by molar-refractivity contribution is -0.133. The molecule has 118 valence electrons. The Morgan fingerprint density at radius 1 is 1.18 bits per heavy atom. The van der Waals surface area contributed by atoms with Crippen LogP contribution in [0.25, 0.3) is 0 Å². The zero-order valence-corrected chi connectivity index (χ0v) is 12.8. The maximum absolute atomic E-state index is 14.2. The van der Waals surface area contributed by atoms with E-state index in [9.17, 15) is 14.0 Å². The molecule has 0 atom stereocenters. The Hall–Kier alpha value is -1.91. The van der Waals surface area contributed by atoms with Crippen molar-refractivity contribution in [1.29, 1.82) is 0 Å². The molecule has 5 heteroatoms. The van der Waals surface area contributed by atoms with E-state index in [4.69, 9.17) is 0 Å². The van der Waals surface area contributed by atoms with E-state index in [0.29, 0.717) is 38.2 Å². The van der Waals surface area contributed by atoms with Crippen LogP contribution >= 0.6 is 0 Å². The highest BCUT2D eigenvalue weighted by molar-refractivity contribution is 5.96. The van der Waals surface area contributed by atoms with E-state index < -0.39 is 0 Å². The number of rotatable bonds is 1. The maximum atomic E-state index is 14.2. The molecule has 0 spiro atoms. The van der Waals surface area contributed by atoms with Gasteiger partial charge < -0.3 is 9.80 Å². The molecule has 2 aliphatic rings. The Bertz CT molecular complexity index is 594. The molecule has 1 aromatic rings. The maximum Gasteiger partial charge on any atom is 0.230 e. The van der Waals surface area contributed by atoms with Crippen molar-refractivity contribution in [3.05, 3.63) is 29.6 Å². The Kier molecular flexibility index (Phi) is 4.14. The van der Waals surface area contributed by atoms with E-state index in [1.54, 1.807) is 22.8 Å². The van der Waals surface area contributed by atoms with Crippen LogP contribution in [0.5, 0.6) is 0 Å². The second-order valence-corrected chi connectivity index (χ2v) is 6.12. The van der Waals surface area contributed by atoms with Gasteiger partial charge in [-0.05, 0) is 37.3 Å². The summed E-state index contributed by atoms with van der Waals surface area (Å²) in [5.74, 6) is -0.359. The number of piperidine rings is 1. The van der Waals surface area contributed by atoms with Crippen molar-refractivity contribution >= 4 is 17.5 Å². The van der Waals surface area contributed by atoms with Crippen molar-refractivity contribution in [2.24, 2.45) is 5.92 Å². The summed E-state index contributed by atoms with van der Waals surface area (Å²) in [5, 5.41) is 0. The summed E-state index contributed by atoms with van der Waals surface area (Å²) >= 11 is 0. The van der Waals surface area contributed by atoms with Gasteiger partial charge in [0.25, 0.3) is 0 Å². The average Bonchev–Trinajstić information content (AvgIpc) is 2.54. The van der Waals surface area contributed by atoms with Crippen molar-refractivity contribution in [3.63, 3.8) is 0 Å². The van der Waals surface area contributed by atoms with Crippen molar-refractivity contribution in [3.8, 4) is 0 Å². The molecule has 1 fully saturated rings. The van der Waals surface area contributed by atoms with E-state index >= 15 is 0 Å². The minimum atomic E-state index is -0.313. The lowest BCUT2D eigenvalue weighted by Gasteiger charge is -2.36. The molecule has 0 bridgehead atoms. The summed E-state index contributed by atoms with van der Waals surface area (Å²) < 4.78 is 14.2. The molecular weight excluding hydrogens is 283 g/mol. The van der Waals surface area contributed by atoms with Gasteiger partial charge in [-0.1, -0.05) is 12.1 Å². The van der Waals surface area contributed by atoms with Crippen LogP contribution in [0.4, 0.5) is 10.1 Å². The molecule has 2 heterocycles. The molecule has 0 N–H and O–H groups in total. The fraction of sp³-hybridized carbons (Fsp3) is 0.529. The predicted octanol–water partition coefficient (Wildman–Crippen LogP) is 2.36. The van der Waals surface area contributed by atoms with Crippen LogP contribution in [0, 0.1) is 11.7 Å². The van der Waals surface area contributed by atoms with Crippen molar-refractivity contribution in [2.75, 3.05) is 24.5 Å². The Morgan fingerprint density at radius 3 is 2.59 bits per heavy atom. The molecule has 2 aliphatic heterocycles. The summed E-state index contributed by atoms with van der Waals surface area (Å²) in [6.45, 7) is 3.37. The standard InChI is InChI=1S/C17H21FN2O2/c1-12(21)19-10-7-14(8-11-19)17(22)20-9-3-5-13-4-2-6-15(18)16(13)20/h2,4,6,14H,3,5,7-11H2,1H3. The highest BCUT2D eigenvalue weighted by atomic mass is 19.1. The summed E-state index contributed by atoms with van der Waals surface area (Å²) in [6.07, 6.45) is 3.02. The Balaban J connectivity index is 1.76. The first-order chi connectivity index (χ1) is 10.6. The first-order valence-electron chi connectivity index (χ1n) is 7.92. The van der Waals surface area contributed by atoms with Gasteiger partial charge >= 0.3 is 0 Å². The van der Waals surface area contributed by atoms with Gasteiger partial charge in [-0.15, -0.1) is 0 Å². The molecule has 22 heavy (non-hydrogen) atoms. The molecule has 0 radical (unpaired) electrons. The number of carbonyl (C=O) groups is 2. The third-order valence-corrected chi connectivity index (χ3v) is 4.72. The van der Waals surface area contributed by atoms with Crippen LogP contribution in [0.1, 0.15) is 31.7 Å². The fourth-order valence-corrected chi connectivity index (χ4v) is 3.49. The monoisotopic (exact) mass is 304 g/mol. The molecule has 0 unspecified atom stereocenters. The number of halogens is 1. The van der Waals surface area contributed by atoms with Crippen LogP contribution in [0.2, 0.25) is 0 Å². The minimum Gasteiger partial charge on any atom is -0.343 e. The van der Waals surface area contributed by atoms with E-state index in [2.05, 4.69) is 0 Å². The zero-order valence-electron chi connectivity index (χ0n) is 12.8. The Morgan fingerprint density at radius 2 is 1.91 bits per heavy atom. The van der Waals surface area contributed by atoms with Crippen LogP contribution in [-0.2, 0) is 16.0 Å². The van der Waals surface area contributed by atoms with Gasteiger partial charge in [0.1, 0.15) is 5.82 Å². The normalized spacial score (nSPS) is 19.0. The smallest absolute Gasteiger partial charge is 0.230 e. The first kappa shape index (κ1) is 15.0. The highest BCUT2D eigenvalue weighted by Gasteiger charge is 2.33. The van der Waals surface area contributed by atoms with Crippen molar-refractivity contribution in [2.45, 2.75) is 32.6 Å². The van der Waals surface area contributed by atoms with Crippen molar-refractivity contribution < 1.29 is 14.0 Å². The fourth-order valence-electron chi connectivity index (χ4n) is 3.49. The number of hydrogen-bond acceptors (Lipinski definition) is 2. The summed E-state index contributed by atoms with van der Waals surface area (Å²) in [5.41, 5.74) is 1.38. The third-order valence-electron chi connectivity index (χ3n) is 4.72. The third kappa shape index (κ3) is 2.72. The average molecular weight is 304 g/mol. The van der Waals surface area contributed by atoms with E-state index in [-0.39, 0.29) is 23.5 Å². The summed E-state index contributed by atoms with van der Waals surface area (Å²) in [7, 11) is 0. The molecule has 0 aliphatic carbocycles. The van der Waals surface area contributed by atoms with Gasteiger partial charge in [0.05, 0.1) is 5.69 Å². The molecule has 4 nitrogen and oxygen atoms in total. The largest absolute Gasteiger partial charge is 0.343 e. The molecule has 3 rings (SSSR count). The first-order valence-corrected chi connectivity index (χ1v) is 7.92. The molecule has 2 amide bonds. The minimum absolute atomic E-state index is 0.00857. The highest BCUT2D eigenvalue weighted by Crippen LogP contribution is 2.32. The number of hydrogen-bond donors (Lipinski definition) is 0. The molecule has 1 aromatic carbocycles.